The molecule has 0 spiro atoms. The van der Waals surface area contributed by atoms with Crippen molar-refractivity contribution in [2.75, 3.05) is 7.11 Å². The normalized spacial score (nSPS) is 21.1. The SMILES string of the molecule is CCc1c2cccc(OC)c2nn1C1CCC(C)(C)C1=O. The largest absolute Gasteiger partial charge is 0.494 e. The van der Waals surface area contributed by atoms with Crippen molar-refractivity contribution in [2.24, 2.45) is 5.41 Å². The Morgan fingerprint density at radius 3 is 2.76 bits per heavy atom. The zero-order valence-electron chi connectivity index (χ0n) is 13.1. The fraction of sp³-hybridized carbons (Fsp3) is 0.529. The smallest absolute Gasteiger partial charge is 0.162 e. The number of methoxy groups -OCH3 is 1. The van der Waals surface area contributed by atoms with Crippen LogP contribution in [0.25, 0.3) is 10.9 Å². The highest BCUT2D eigenvalue weighted by Gasteiger charge is 2.42. The monoisotopic (exact) mass is 286 g/mol. The van der Waals surface area contributed by atoms with Gasteiger partial charge in [-0.2, -0.15) is 5.10 Å². The first-order valence-corrected chi connectivity index (χ1v) is 7.58. The van der Waals surface area contributed by atoms with Crippen molar-refractivity contribution in [2.45, 2.75) is 46.1 Å². The predicted molar refractivity (Wildman–Crippen MR) is 82.7 cm³/mol. The van der Waals surface area contributed by atoms with E-state index in [1.54, 1.807) is 7.11 Å². The molecule has 0 amide bonds. The van der Waals surface area contributed by atoms with Gasteiger partial charge in [0.05, 0.1) is 7.11 Å². The van der Waals surface area contributed by atoms with Gasteiger partial charge < -0.3 is 4.74 Å². The van der Waals surface area contributed by atoms with E-state index >= 15 is 0 Å². The lowest BCUT2D eigenvalue weighted by molar-refractivity contribution is -0.127. The average molecular weight is 286 g/mol. The van der Waals surface area contributed by atoms with Crippen molar-refractivity contribution in [3.63, 3.8) is 0 Å². The van der Waals surface area contributed by atoms with Crippen LogP contribution in [0.15, 0.2) is 18.2 Å². The fourth-order valence-electron chi connectivity index (χ4n) is 3.36. The van der Waals surface area contributed by atoms with E-state index in [1.807, 2.05) is 30.7 Å². The number of benzene rings is 1. The first-order chi connectivity index (χ1) is 9.99. The molecule has 1 aliphatic rings. The second kappa shape index (κ2) is 4.86. The third-order valence-electron chi connectivity index (χ3n) is 4.66. The Morgan fingerprint density at radius 2 is 2.19 bits per heavy atom. The summed E-state index contributed by atoms with van der Waals surface area (Å²) in [6.07, 6.45) is 2.65. The van der Waals surface area contributed by atoms with Crippen LogP contribution in [0.2, 0.25) is 0 Å². The zero-order valence-corrected chi connectivity index (χ0v) is 13.1. The van der Waals surface area contributed by atoms with Crippen molar-refractivity contribution >= 4 is 16.7 Å². The lowest BCUT2D eigenvalue weighted by Crippen LogP contribution is -2.25. The predicted octanol–water partition coefficient (Wildman–Crippen LogP) is 3.54. The molecule has 0 bridgehead atoms. The second-order valence-electron chi connectivity index (χ2n) is 6.40. The van der Waals surface area contributed by atoms with Gasteiger partial charge in [0.25, 0.3) is 0 Å². The number of hydrogen-bond acceptors (Lipinski definition) is 3. The van der Waals surface area contributed by atoms with Gasteiger partial charge in [0.2, 0.25) is 0 Å². The topological polar surface area (TPSA) is 44.1 Å². The molecule has 1 atom stereocenters. The van der Waals surface area contributed by atoms with Crippen molar-refractivity contribution < 1.29 is 9.53 Å². The lowest BCUT2D eigenvalue weighted by atomic mass is 9.90. The number of ether oxygens (including phenoxy) is 1. The highest BCUT2D eigenvalue weighted by atomic mass is 16.5. The molecule has 21 heavy (non-hydrogen) atoms. The van der Waals surface area contributed by atoms with Crippen molar-refractivity contribution in [3.8, 4) is 5.75 Å². The average Bonchev–Trinajstić information content (AvgIpc) is 2.96. The molecule has 0 radical (unpaired) electrons. The lowest BCUT2D eigenvalue weighted by Gasteiger charge is -2.17. The Morgan fingerprint density at radius 1 is 1.43 bits per heavy atom. The summed E-state index contributed by atoms with van der Waals surface area (Å²) in [6.45, 7) is 6.17. The van der Waals surface area contributed by atoms with Crippen LogP contribution < -0.4 is 4.74 Å². The number of carbonyl (C=O) groups is 1. The van der Waals surface area contributed by atoms with Crippen LogP contribution in [0.3, 0.4) is 0 Å². The highest BCUT2D eigenvalue weighted by molar-refractivity contribution is 5.92. The number of aromatic nitrogens is 2. The van der Waals surface area contributed by atoms with Crippen LogP contribution >= 0.6 is 0 Å². The second-order valence-corrected chi connectivity index (χ2v) is 6.40. The summed E-state index contributed by atoms with van der Waals surface area (Å²) in [4.78, 5) is 12.6. The van der Waals surface area contributed by atoms with E-state index in [2.05, 4.69) is 13.0 Å². The summed E-state index contributed by atoms with van der Waals surface area (Å²) in [7, 11) is 1.66. The number of ketones is 1. The van der Waals surface area contributed by atoms with Crippen LogP contribution in [0.5, 0.6) is 5.75 Å². The Balaban J connectivity index is 2.17. The van der Waals surface area contributed by atoms with Crippen molar-refractivity contribution in [1.29, 1.82) is 0 Å². The Labute approximate surface area is 125 Å². The Kier molecular flexibility index (Phi) is 3.27. The minimum atomic E-state index is -0.238. The first-order valence-electron chi connectivity index (χ1n) is 7.58. The minimum absolute atomic E-state index is 0.132. The molecular formula is C17H22N2O2. The molecule has 1 unspecified atom stereocenters. The Hall–Kier alpha value is -1.84. The molecule has 1 aromatic carbocycles. The summed E-state index contributed by atoms with van der Waals surface area (Å²) in [6, 6.07) is 5.82. The maximum absolute atomic E-state index is 12.6. The third-order valence-corrected chi connectivity index (χ3v) is 4.66. The molecule has 112 valence electrons. The molecule has 0 saturated heterocycles. The number of rotatable bonds is 3. The van der Waals surface area contributed by atoms with E-state index in [4.69, 9.17) is 9.84 Å². The molecule has 3 rings (SSSR count). The number of aryl methyl sites for hydroxylation is 1. The number of Topliss-reactive ketones (excluding diaryl/α,β-unsaturated/α-hetero) is 1. The van der Waals surface area contributed by atoms with E-state index in [-0.39, 0.29) is 11.5 Å². The van der Waals surface area contributed by atoms with Gasteiger partial charge in [0.1, 0.15) is 17.3 Å². The molecule has 1 heterocycles. The summed E-state index contributed by atoms with van der Waals surface area (Å²) >= 11 is 0. The first kappa shape index (κ1) is 14.1. The molecule has 1 fully saturated rings. The van der Waals surface area contributed by atoms with Gasteiger partial charge in [0, 0.05) is 16.5 Å². The molecule has 4 heteroatoms. The molecule has 0 N–H and O–H groups in total. The van der Waals surface area contributed by atoms with Crippen LogP contribution in [-0.2, 0) is 11.2 Å². The van der Waals surface area contributed by atoms with Crippen molar-refractivity contribution in [3.05, 3.63) is 23.9 Å². The molecule has 1 aromatic heterocycles. The number of hydrogen-bond donors (Lipinski definition) is 0. The standard InChI is InChI=1S/C17H22N2O2/c1-5-12-11-7-6-8-14(21-4)15(11)18-19(12)13-9-10-17(2,3)16(13)20/h6-8,13H,5,9-10H2,1-4H3. The van der Waals surface area contributed by atoms with E-state index in [9.17, 15) is 4.79 Å². The van der Waals surface area contributed by atoms with Crippen LogP contribution in [0.4, 0.5) is 0 Å². The van der Waals surface area contributed by atoms with Gasteiger partial charge in [0.15, 0.2) is 5.78 Å². The van der Waals surface area contributed by atoms with Gasteiger partial charge in [-0.3, -0.25) is 9.48 Å². The van der Waals surface area contributed by atoms with Gasteiger partial charge in [-0.15, -0.1) is 0 Å². The summed E-state index contributed by atoms with van der Waals surface area (Å²) < 4.78 is 7.36. The molecule has 1 saturated carbocycles. The molecule has 4 nitrogen and oxygen atoms in total. The molecule has 2 aromatic rings. The fourth-order valence-corrected chi connectivity index (χ4v) is 3.36. The van der Waals surface area contributed by atoms with E-state index in [1.165, 1.54) is 0 Å². The van der Waals surface area contributed by atoms with Gasteiger partial charge in [-0.05, 0) is 25.3 Å². The minimum Gasteiger partial charge on any atom is -0.494 e. The van der Waals surface area contributed by atoms with E-state index in [0.29, 0.717) is 5.78 Å². The maximum atomic E-state index is 12.6. The maximum Gasteiger partial charge on any atom is 0.162 e. The number of fused-ring (bicyclic) bond motifs is 1. The summed E-state index contributed by atoms with van der Waals surface area (Å²) in [5, 5.41) is 5.82. The van der Waals surface area contributed by atoms with Crippen molar-refractivity contribution in [1.82, 2.24) is 9.78 Å². The van der Waals surface area contributed by atoms with Gasteiger partial charge in [-0.1, -0.05) is 32.9 Å². The molecule has 1 aliphatic carbocycles. The molecular weight excluding hydrogens is 264 g/mol. The Bertz CT molecular complexity index is 700. The van der Waals surface area contributed by atoms with Gasteiger partial charge in [-0.25, -0.2) is 0 Å². The van der Waals surface area contributed by atoms with Crippen LogP contribution in [0.1, 0.15) is 45.3 Å². The van der Waals surface area contributed by atoms with E-state index < -0.39 is 0 Å². The third kappa shape index (κ3) is 2.04. The zero-order chi connectivity index (χ0) is 15.2. The number of nitrogens with zero attached hydrogens (tertiary/aromatic N) is 2. The number of carbonyl (C=O) groups excluding carboxylic acids is 1. The van der Waals surface area contributed by atoms with Crippen LogP contribution in [0, 0.1) is 5.41 Å². The highest BCUT2D eigenvalue weighted by Crippen LogP contribution is 2.41. The molecule has 0 aliphatic heterocycles. The summed E-state index contributed by atoms with van der Waals surface area (Å²) in [5.74, 6) is 1.06. The van der Waals surface area contributed by atoms with Gasteiger partial charge >= 0.3 is 0 Å². The summed E-state index contributed by atoms with van der Waals surface area (Å²) in [5.41, 5.74) is 1.74. The quantitative estimate of drug-likeness (QED) is 0.867. The van der Waals surface area contributed by atoms with E-state index in [0.717, 1.165) is 41.6 Å². The van der Waals surface area contributed by atoms with Crippen LogP contribution in [-0.4, -0.2) is 22.7 Å².